The van der Waals surface area contributed by atoms with Crippen LogP contribution in [-0.4, -0.2) is 19.9 Å². The van der Waals surface area contributed by atoms with Crippen LogP contribution in [0.3, 0.4) is 0 Å². The van der Waals surface area contributed by atoms with E-state index in [0.29, 0.717) is 22.0 Å². The van der Waals surface area contributed by atoms with Crippen molar-refractivity contribution in [3.63, 3.8) is 0 Å². The summed E-state index contributed by atoms with van der Waals surface area (Å²) in [5.74, 6) is 0.714. The van der Waals surface area contributed by atoms with Gasteiger partial charge in [-0.2, -0.15) is 9.97 Å². The lowest BCUT2D eigenvalue weighted by atomic mass is 10.2. The Kier molecular flexibility index (Phi) is 2.57. The van der Waals surface area contributed by atoms with E-state index < -0.39 is 0 Å². The van der Waals surface area contributed by atoms with E-state index in [2.05, 4.69) is 19.9 Å². The predicted octanol–water partition coefficient (Wildman–Crippen LogP) is 2.91. The summed E-state index contributed by atoms with van der Waals surface area (Å²) in [4.78, 5) is 15.2. The van der Waals surface area contributed by atoms with Crippen molar-refractivity contribution in [2.24, 2.45) is 0 Å². The summed E-state index contributed by atoms with van der Waals surface area (Å²) < 4.78 is 0. The highest BCUT2D eigenvalue weighted by Gasteiger charge is 2.11. The van der Waals surface area contributed by atoms with Gasteiger partial charge in [0, 0.05) is 10.6 Å². The summed E-state index contributed by atoms with van der Waals surface area (Å²) in [5.41, 5.74) is 7.35. The normalized spacial score (nSPS) is 11.0. The van der Waals surface area contributed by atoms with E-state index in [-0.39, 0.29) is 11.1 Å². The molecule has 0 unspecified atom stereocenters. The second kappa shape index (κ2) is 4.12. The van der Waals surface area contributed by atoms with Gasteiger partial charge in [-0.05, 0) is 12.1 Å². The van der Waals surface area contributed by atoms with Gasteiger partial charge in [0.1, 0.15) is 11.3 Å². The van der Waals surface area contributed by atoms with E-state index in [1.807, 2.05) is 12.1 Å². The van der Waals surface area contributed by atoms with E-state index in [0.717, 1.165) is 5.56 Å². The number of nitrogens with zero attached hydrogens (tertiary/aromatic N) is 3. The van der Waals surface area contributed by atoms with Crippen LogP contribution >= 0.6 is 23.2 Å². The monoisotopic (exact) mass is 279 g/mol. The second-order valence-electron chi connectivity index (χ2n) is 3.67. The van der Waals surface area contributed by atoms with Crippen LogP contribution in [-0.2, 0) is 0 Å². The Balaban J connectivity index is 2.22. The van der Waals surface area contributed by atoms with Crippen LogP contribution in [0.15, 0.2) is 24.3 Å². The number of nitrogen functional groups attached to an aromatic ring is 1. The van der Waals surface area contributed by atoms with Crippen LogP contribution in [0.1, 0.15) is 0 Å². The fourth-order valence-electron chi connectivity index (χ4n) is 1.65. The molecule has 0 amide bonds. The number of rotatable bonds is 1. The third kappa shape index (κ3) is 1.87. The highest BCUT2D eigenvalue weighted by Crippen LogP contribution is 2.25. The molecule has 0 aliphatic rings. The van der Waals surface area contributed by atoms with Gasteiger partial charge in [0.05, 0.1) is 0 Å². The van der Waals surface area contributed by atoms with E-state index in [1.54, 1.807) is 12.1 Å². The maximum atomic E-state index is 5.97. The van der Waals surface area contributed by atoms with Crippen molar-refractivity contribution in [1.29, 1.82) is 0 Å². The molecule has 5 nitrogen and oxygen atoms in total. The molecule has 18 heavy (non-hydrogen) atoms. The zero-order valence-electron chi connectivity index (χ0n) is 8.98. The summed E-state index contributed by atoms with van der Waals surface area (Å²) in [7, 11) is 0. The van der Waals surface area contributed by atoms with Gasteiger partial charge in [0.2, 0.25) is 5.95 Å². The fraction of sp³-hybridized carbons (Fsp3) is 0. The quantitative estimate of drug-likeness (QED) is 0.671. The number of halogens is 2. The second-order valence-corrected chi connectivity index (χ2v) is 4.46. The minimum Gasteiger partial charge on any atom is -0.368 e. The Hall–Kier alpha value is -1.85. The first-order valence-electron chi connectivity index (χ1n) is 5.08. The molecule has 3 N–H and O–H groups in total. The molecule has 0 atom stereocenters. The van der Waals surface area contributed by atoms with Crippen LogP contribution < -0.4 is 5.73 Å². The van der Waals surface area contributed by atoms with Crippen LogP contribution in [0.2, 0.25) is 10.2 Å². The Morgan fingerprint density at radius 3 is 2.72 bits per heavy atom. The molecular weight excluding hydrogens is 273 g/mol. The smallest absolute Gasteiger partial charge is 0.223 e. The standard InChI is InChI=1S/C11H7Cl2N5/c12-6-3-1-2-5(4-6)9-15-7-8(13)16-11(14)18-10(7)17-9/h1-4H,(H3,14,15,16,17,18). The first-order chi connectivity index (χ1) is 8.63. The van der Waals surface area contributed by atoms with Crippen molar-refractivity contribution in [2.45, 2.75) is 0 Å². The van der Waals surface area contributed by atoms with Gasteiger partial charge in [-0.15, -0.1) is 0 Å². The SMILES string of the molecule is Nc1nc(Cl)c2[nH]c(-c3cccc(Cl)c3)nc2n1. The van der Waals surface area contributed by atoms with Gasteiger partial charge in [0.25, 0.3) is 0 Å². The number of nitrogens with two attached hydrogens (primary N) is 1. The Bertz CT molecular complexity index is 737. The van der Waals surface area contributed by atoms with Crippen LogP contribution in [0.25, 0.3) is 22.6 Å². The number of hydrogen-bond acceptors (Lipinski definition) is 4. The first kappa shape index (κ1) is 11.3. The molecule has 0 bridgehead atoms. The lowest BCUT2D eigenvalue weighted by Crippen LogP contribution is -1.94. The zero-order valence-corrected chi connectivity index (χ0v) is 10.5. The summed E-state index contributed by atoms with van der Waals surface area (Å²) in [6, 6.07) is 7.31. The van der Waals surface area contributed by atoms with E-state index >= 15 is 0 Å². The topological polar surface area (TPSA) is 80.5 Å². The van der Waals surface area contributed by atoms with Gasteiger partial charge in [-0.3, -0.25) is 0 Å². The average molecular weight is 280 g/mol. The molecule has 0 spiro atoms. The summed E-state index contributed by atoms with van der Waals surface area (Å²) in [6.07, 6.45) is 0. The predicted molar refractivity (Wildman–Crippen MR) is 71.6 cm³/mol. The first-order valence-corrected chi connectivity index (χ1v) is 5.84. The molecule has 1 aromatic carbocycles. The van der Waals surface area contributed by atoms with Gasteiger partial charge < -0.3 is 10.7 Å². The van der Waals surface area contributed by atoms with Crippen molar-refractivity contribution in [2.75, 3.05) is 5.73 Å². The largest absolute Gasteiger partial charge is 0.368 e. The molecule has 0 radical (unpaired) electrons. The Morgan fingerprint density at radius 1 is 1.11 bits per heavy atom. The molecule has 2 aromatic heterocycles. The molecule has 0 saturated carbocycles. The molecule has 0 aliphatic carbocycles. The number of nitrogens with one attached hydrogen (secondary N) is 1. The number of fused-ring (bicyclic) bond motifs is 1. The third-order valence-electron chi connectivity index (χ3n) is 2.42. The average Bonchev–Trinajstić information content (AvgIpc) is 2.73. The maximum Gasteiger partial charge on any atom is 0.223 e. The lowest BCUT2D eigenvalue weighted by Gasteiger charge is -1.96. The van der Waals surface area contributed by atoms with Crippen molar-refractivity contribution in [3.05, 3.63) is 34.4 Å². The highest BCUT2D eigenvalue weighted by molar-refractivity contribution is 6.33. The molecule has 2 heterocycles. The molecule has 7 heteroatoms. The molecule has 3 aromatic rings. The van der Waals surface area contributed by atoms with Crippen molar-refractivity contribution < 1.29 is 0 Å². The van der Waals surface area contributed by atoms with Crippen molar-refractivity contribution in [1.82, 2.24) is 19.9 Å². The van der Waals surface area contributed by atoms with Crippen LogP contribution in [0.5, 0.6) is 0 Å². The van der Waals surface area contributed by atoms with Crippen molar-refractivity contribution >= 4 is 40.3 Å². The highest BCUT2D eigenvalue weighted by atomic mass is 35.5. The van der Waals surface area contributed by atoms with Gasteiger partial charge >= 0.3 is 0 Å². The maximum absolute atomic E-state index is 5.97. The van der Waals surface area contributed by atoms with Crippen LogP contribution in [0.4, 0.5) is 5.95 Å². The number of imidazole rings is 1. The summed E-state index contributed by atoms with van der Waals surface area (Å²) in [5, 5.41) is 0.878. The lowest BCUT2D eigenvalue weighted by molar-refractivity contribution is 1.22. The molecule has 0 aliphatic heterocycles. The Labute approximate surface area is 112 Å². The van der Waals surface area contributed by atoms with Gasteiger partial charge in [-0.1, -0.05) is 35.3 Å². The minimum atomic E-state index is 0.0941. The minimum absolute atomic E-state index is 0.0941. The zero-order chi connectivity index (χ0) is 12.7. The molecule has 3 rings (SSSR count). The van der Waals surface area contributed by atoms with E-state index in [9.17, 15) is 0 Å². The summed E-state index contributed by atoms with van der Waals surface area (Å²) >= 11 is 11.9. The molecule has 90 valence electrons. The van der Waals surface area contributed by atoms with E-state index in [1.165, 1.54) is 0 Å². The number of anilines is 1. The molecule has 0 fully saturated rings. The third-order valence-corrected chi connectivity index (χ3v) is 2.93. The number of benzene rings is 1. The number of aromatic amines is 1. The van der Waals surface area contributed by atoms with E-state index in [4.69, 9.17) is 28.9 Å². The fourth-order valence-corrected chi connectivity index (χ4v) is 2.06. The van der Waals surface area contributed by atoms with Crippen LogP contribution in [0, 0.1) is 0 Å². The summed E-state index contributed by atoms with van der Waals surface area (Å²) in [6.45, 7) is 0. The molecule has 0 saturated heterocycles. The Morgan fingerprint density at radius 2 is 1.94 bits per heavy atom. The number of hydrogen-bond donors (Lipinski definition) is 2. The molecular formula is C11H7Cl2N5. The van der Waals surface area contributed by atoms with Crippen molar-refractivity contribution in [3.8, 4) is 11.4 Å². The number of H-pyrrole nitrogens is 1. The van der Waals surface area contributed by atoms with Gasteiger partial charge in [0.15, 0.2) is 10.8 Å². The van der Waals surface area contributed by atoms with Gasteiger partial charge in [-0.25, -0.2) is 4.98 Å². The number of aromatic nitrogens is 4.